The number of nitro groups is 1. The largest absolute Gasteiger partial charge is 0.304 e. The smallest absolute Gasteiger partial charge is 0.298 e. The summed E-state index contributed by atoms with van der Waals surface area (Å²) in [7, 11) is 1.89. The van der Waals surface area contributed by atoms with Crippen LogP contribution in [0.3, 0.4) is 0 Å². The van der Waals surface area contributed by atoms with Gasteiger partial charge in [-0.25, -0.2) is 0 Å². The van der Waals surface area contributed by atoms with Gasteiger partial charge in [-0.3, -0.25) is 15.0 Å². The third kappa shape index (κ3) is 4.24. The molecular formula is C15H14ClFN2O2. The van der Waals surface area contributed by atoms with Gasteiger partial charge >= 0.3 is 5.69 Å². The van der Waals surface area contributed by atoms with Crippen LogP contribution in [0, 0.1) is 15.9 Å². The van der Waals surface area contributed by atoms with Crippen LogP contribution < -0.4 is 0 Å². The van der Waals surface area contributed by atoms with E-state index in [-0.39, 0.29) is 0 Å². The molecule has 4 nitrogen and oxygen atoms in total. The Balaban J connectivity index is 2.04. The molecule has 0 aromatic heterocycles. The molecule has 2 aromatic carbocycles. The second-order valence-electron chi connectivity index (χ2n) is 4.85. The van der Waals surface area contributed by atoms with E-state index >= 15 is 0 Å². The molecule has 0 fully saturated rings. The zero-order chi connectivity index (χ0) is 15.4. The van der Waals surface area contributed by atoms with Crippen LogP contribution in [0.25, 0.3) is 0 Å². The minimum Gasteiger partial charge on any atom is -0.298 e. The average Bonchev–Trinajstić information content (AvgIpc) is 2.38. The normalized spacial score (nSPS) is 10.9. The van der Waals surface area contributed by atoms with Crippen molar-refractivity contribution in [2.75, 3.05) is 7.05 Å². The molecule has 21 heavy (non-hydrogen) atoms. The highest BCUT2D eigenvalue weighted by Gasteiger charge is 2.14. The molecule has 0 heterocycles. The average molecular weight is 309 g/mol. The third-order valence-electron chi connectivity index (χ3n) is 3.00. The molecule has 0 spiro atoms. The van der Waals surface area contributed by atoms with Crippen molar-refractivity contribution in [2.24, 2.45) is 0 Å². The van der Waals surface area contributed by atoms with Gasteiger partial charge in [-0.05, 0) is 36.4 Å². The number of halogens is 2. The number of rotatable bonds is 5. The minimum absolute atomic E-state index is 0.488. The van der Waals surface area contributed by atoms with Gasteiger partial charge in [-0.1, -0.05) is 29.8 Å². The highest BCUT2D eigenvalue weighted by Crippen LogP contribution is 2.19. The first-order chi connectivity index (χ1) is 9.95. The summed E-state index contributed by atoms with van der Waals surface area (Å²) in [4.78, 5) is 11.8. The fourth-order valence-electron chi connectivity index (χ4n) is 2.11. The molecule has 2 aromatic rings. The highest BCUT2D eigenvalue weighted by atomic mass is 35.5. The van der Waals surface area contributed by atoms with Crippen molar-refractivity contribution >= 4 is 17.3 Å². The molecule has 0 amide bonds. The monoisotopic (exact) mass is 308 g/mol. The molecule has 0 N–H and O–H groups in total. The van der Waals surface area contributed by atoms with Gasteiger partial charge in [0.05, 0.1) is 4.92 Å². The summed E-state index contributed by atoms with van der Waals surface area (Å²) < 4.78 is 13.6. The number of hydrogen-bond donors (Lipinski definition) is 0. The first kappa shape index (κ1) is 15.4. The Kier molecular flexibility index (Phi) is 4.88. The quantitative estimate of drug-likeness (QED) is 0.619. The number of hydrogen-bond acceptors (Lipinski definition) is 3. The van der Waals surface area contributed by atoms with Crippen LogP contribution >= 0.6 is 11.6 Å². The molecule has 0 bridgehead atoms. The molecule has 0 atom stereocenters. The topological polar surface area (TPSA) is 46.4 Å². The molecule has 0 aliphatic carbocycles. The Bertz CT molecular complexity index is 664. The van der Waals surface area contributed by atoms with Crippen LogP contribution in [0.1, 0.15) is 11.1 Å². The molecule has 0 aliphatic rings. The molecule has 0 aliphatic heterocycles. The predicted octanol–water partition coefficient (Wildman–Crippen LogP) is 4.02. The van der Waals surface area contributed by atoms with E-state index in [1.165, 1.54) is 12.1 Å². The van der Waals surface area contributed by atoms with Crippen molar-refractivity contribution in [3.8, 4) is 0 Å². The van der Waals surface area contributed by atoms with Gasteiger partial charge in [0.15, 0.2) is 0 Å². The molecule has 0 unspecified atom stereocenters. The first-order valence-electron chi connectivity index (χ1n) is 6.31. The summed E-state index contributed by atoms with van der Waals surface area (Å²) in [6, 6.07) is 11.5. The van der Waals surface area contributed by atoms with Gasteiger partial charge in [0.1, 0.15) is 0 Å². The lowest BCUT2D eigenvalue weighted by molar-refractivity contribution is -0.387. The lowest BCUT2D eigenvalue weighted by Crippen LogP contribution is -2.17. The maximum Gasteiger partial charge on any atom is 0.304 e. The van der Waals surface area contributed by atoms with Crippen molar-refractivity contribution in [2.45, 2.75) is 13.1 Å². The van der Waals surface area contributed by atoms with E-state index in [0.29, 0.717) is 23.7 Å². The Labute approximate surface area is 126 Å². The van der Waals surface area contributed by atoms with Crippen LogP contribution in [-0.2, 0) is 13.1 Å². The van der Waals surface area contributed by atoms with Crippen LogP contribution in [0.5, 0.6) is 0 Å². The molecular weight excluding hydrogens is 295 g/mol. The number of benzene rings is 2. The first-order valence-corrected chi connectivity index (χ1v) is 6.69. The molecule has 110 valence electrons. The van der Waals surface area contributed by atoms with E-state index in [1.807, 2.05) is 30.1 Å². The molecule has 0 saturated heterocycles. The maximum atomic E-state index is 13.6. The van der Waals surface area contributed by atoms with Crippen molar-refractivity contribution in [1.29, 1.82) is 0 Å². The maximum absolute atomic E-state index is 13.6. The zero-order valence-electron chi connectivity index (χ0n) is 11.4. The molecule has 2 rings (SSSR count). The summed E-state index contributed by atoms with van der Waals surface area (Å²) in [6.45, 7) is 1.14. The summed E-state index contributed by atoms with van der Waals surface area (Å²) in [5.41, 5.74) is 1.23. The predicted molar refractivity (Wildman–Crippen MR) is 79.7 cm³/mol. The van der Waals surface area contributed by atoms with Crippen LogP contribution in [-0.4, -0.2) is 16.9 Å². The molecule has 0 radical (unpaired) electrons. The highest BCUT2D eigenvalue weighted by molar-refractivity contribution is 6.30. The van der Waals surface area contributed by atoms with Gasteiger partial charge in [0.2, 0.25) is 5.82 Å². The second kappa shape index (κ2) is 6.65. The van der Waals surface area contributed by atoms with Crippen molar-refractivity contribution < 1.29 is 9.31 Å². The Morgan fingerprint density at radius 3 is 2.43 bits per heavy atom. The lowest BCUT2D eigenvalue weighted by Gasteiger charge is -2.17. The van der Waals surface area contributed by atoms with E-state index in [2.05, 4.69) is 0 Å². The van der Waals surface area contributed by atoms with E-state index in [0.717, 1.165) is 5.56 Å². The van der Waals surface area contributed by atoms with Gasteiger partial charge < -0.3 is 0 Å². The van der Waals surface area contributed by atoms with Crippen LogP contribution in [0.4, 0.5) is 10.1 Å². The van der Waals surface area contributed by atoms with Gasteiger partial charge in [-0.15, -0.1) is 0 Å². The third-order valence-corrected chi connectivity index (χ3v) is 3.24. The van der Waals surface area contributed by atoms with Crippen molar-refractivity contribution in [3.63, 3.8) is 0 Å². The van der Waals surface area contributed by atoms with Gasteiger partial charge in [0, 0.05) is 24.2 Å². The minimum atomic E-state index is -0.811. The Hall–Kier alpha value is -1.98. The number of nitro benzene ring substituents is 1. The summed E-state index contributed by atoms with van der Waals surface area (Å²) in [5, 5.41) is 11.2. The standard InChI is InChI=1S/C15H14ClFN2O2/c1-18(9-11-3-2-4-13(16)7-11)10-12-5-6-15(19(20)21)14(17)8-12/h2-8H,9-10H2,1H3. The van der Waals surface area contributed by atoms with Gasteiger partial charge in [0.25, 0.3) is 0 Å². The van der Waals surface area contributed by atoms with E-state index < -0.39 is 16.4 Å². The SMILES string of the molecule is CN(Cc1cccc(Cl)c1)Cc1ccc([N+](=O)[O-])c(F)c1. The fraction of sp³-hybridized carbons (Fsp3) is 0.200. The Morgan fingerprint density at radius 2 is 1.86 bits per heavy atom. The molecule has 6 heteroatoms. The van der Waals surface area contributed by atoms with E-state index in [4.69, 9.17) is 11.6 Å². The zero-order valence-corrected chi connectivity index (χ0v) is 12.2. The summed E-state index contributed by atoms with van der Waals surface area (Å²) >= 11 is 5.92. The van der Waals surface area contributed by atoms with E-state index in [1.54, 1.807) is 12.1 Å². The van der Waals surface area contributed by atoms with E-state index in [9.17, 15) is 14.5 Å². The second-order valence-corrected chi connectivity index (χ2v) is 5.28. The fourth-order valence-corrected chi connectivity index (χ4v) is 2.32. The number of nitrogens with zero attached hydrogens (tertiary/aromatic N) is 2. The van der Waals surface area contributed by atoms with Crippen molar-refractivity contribution in [1.82, 2.24) is 4.90 Å². The van der Waals surface area contributed by atoms with Crippen LogP contribution in [0.15, 0.2) is 42.5 Å². The van der Waals surface area contributed by atoms with Crippen molar-refractivity contribution in [3.05, 3.63) is 74.5 Å². The summed E-state index contributed by atoms with van der Waals surface area (Å²) in [5.74, 6) is -0.811. The lowest BCUT2D eigenvalue weighted by atomic mass is 10.1. The van der Waals surface area contributed by atoms with Crippen LogP contribution in [0.2, 0.25) is 5.02 Å². The molecule has 0 saturated carbocycles. The van der Waals surface area contributed by atoms with Gasteiger partial charge in [-0.2, -0.15) is 4.39 Å². The Morgan fingerprint density at radius 1 is 1.19 bits per heavy atom. The summed E-state index contributed by atoms with van der Waals surface area (Å²) in [6.07, 6.45) is 0.